The number of benzene rings is 2. The molecule has 0 aliphatic heterocycles. The van der Waals surface area contributed by atoms with Gasteiger partial charge in [-0.2, -0.15) is 0 Å². The molecule has 1 unspecified atom stereocenters. The van der Waals surface area contributed by atoms with Gasteiger partial charge in [0.05, 0.1) is 12.5 Å². The van der Waals surface area contributed by atoms with Gasteiger partial charge >= 0.3 is 0 Å². The Morgan fingerprint density at radius 3 is 2.12 bits per heavy atom. The third-order valence-corrected chi connectivity index (χ3v) is 7.49. The molecule has 2 aromatic carbocycles. The number of allylic oxidation sites excluding steroid dienone is 3. The number of nitrogens with one attached hydrogen (secondary N) is 1. The number of carbonyl (C=O) groups is 1. The molecular weight excluding hydrogens is 341 g/mol. The molecule has 0 fully saturated rings. The van der Waals surface area contributed by atoms with Gasteiger partial charge in [-0.05, 0) is 6.42 Å². The Bertz CT molecular complexity index is 880. The van der Waals surface area contributed by atoms with Gasteiger partial charge in [0.25, 0.3) is 0 Å². The highest BCUT2D eigenvalue weighted by molar-refractivity contribution is 7.82. The lowest BCUT2D eigenvalue weighted by molar-refractivity contribution is -0.123. The maximum atomic E-state index is 14.2. The van der Waals surface area contributed by atoms with E-state index in [4.69, 9.17) is 6.42 Å². The van der Waals surface area contributed by atoms with Crippen molar-refractivity contribution < 1.29 is 9.36 Å². The number of amides is 1. The van der Waals surface area contributed by atoms with Gasteiger partial charge < -0.3 is 9.88 Å². The van der Waals surface area contributed by atoms with Crippen molar-refractivity contribution in [2.24, 2.45) is 5.92 Å². The second kappa shape index (κ2) is 8.04. The van der Waals surface area contributed by atoms with Crippen molar-refractivity contribution in [2.75, 3.05) is 6.54 Å². The molecule has 0 saturated carbocycles. The monoisotopic (exact) mass is 361 g/mol. The lowest BCUT2D eigenvalue weighted by Crippen LogP contribution is -2.30. The van der Waals surface area contributed by atoms with E-state index in [9.17, 15) is 9.36 Å². The highest BCUT2D eigenvalue weighted by Gasteiger charge is 2.32. The van der Waals surface area contributed by atoms with Gasteiger partial charge in [-0.25, -0.2) is 0 Å². The molecule has 130 valence electrons. The summed E-state index contributed by atoms with van der Waals surface area (Å²) in [6, 6.07) is 19.0. The summed E-state index contributed by atoms with van der Waals surface area (Å²) in [7, 11) is -2.97. The predicted molar refractivity (Wildman–Crippen MR) is 107 cm³/mol. The largest absolute Gasteiger partial charge is 0.345 e. The first-order valence-electron chi connectivity index (χ1n) is 8.47. The van der Waals surface area contributed by atoms with Crippen LogP contribution in [0, 0.1) is 18.3 Å². The molecule has 1 aliphatic carbocycles. The van der Waals surface area contributed by atoms with Crippen molar-refractivity contribution >= 4 is 23.7 Å². The van der Waals surface area contributed by atoms with E-state index in [0.717, 1.165) is 15.9 Å². The second-order valence-corrected chi connectivity index (χ2v) is 8.80. The van der Waals surface area contributed by atoms with E-state index in [1.54, 1.807) is 0 Å². The molecule has 1 atom stereocenters. The average Bonchev–Trinajstić information content (AvgIpc) is 2.73. The van der Waals surface area contributed by atoms with E-state index < -0.39 is 7.14 Å². The fourth-order valence-electron chi connectivity index (χ4n) is 3.03. The number of hydrogen-bond donors (Lipinski definition) is 1. The van der Waals surface area contributed by atoms with Crippen LogP contribution in [0.3, 0.4) is 0 Å². The van der Waals surface area contributed by atoms with Crippen LogP contribution in [0.25, 0.3) is 0 Å². The summed E-state index contributed by atoms with van der Waals surface area (Å²) < 4.78 is 14.2. The first-order valence-corrected chi connectivity index (χ1v) is 10.2. The predicted octanol–water partition coefficient (Wildman–Crippen LogP) is 3.21. The van der Waals surface area contributed by atoms with Crippen molar-refractivity contribution in [1.29, 1.82) is 0 Å². The molecule has 2 aromatic rings. The van der Waals surface area contributed by atoms with Crippen molar-refractivity contribution in [2.45, 2.75) is 6.42 Å². The third kappa shape index (κ3) is 3.57. The van der Waals surface area contributed by atoms with Crippen LogP contribution in [0.15, 0.2) is 84.2 Å². The summed E-state index contributed by atoms with van der Waals surface area (Å²) in [5.41, 5.74) is 0. The molecule has 1 N–H and O–H groups in total. The van der Waals surface area contributed by atoms with Crippen LogP contribution < -0.4 is 15.9 Å². The molecule has 0 heterocycles. The molecule has 0 aromatic heterocycles. The van der Waals surface area contributed by atoms with E-state index >= 15 is 0 Å². The molecule has 0 saturated heterocycles. The van der Waals surface area contributed by atoms with E-state index in [1.165, 1.54) is 0 Å². The van der Waals surface area contributed by atoms with Gasteiger partial charge in [0.2, 0.25) is 5.91 Å². The number of terminal acetylenes is 1. The summed E-state index contributed by atoms with van der Waals surface area (Å²) in [6.07, 6.45) is 11.2. The molecule has 3 rings (SSSR count). The summed E-state index contributed by atoms with van der Waals surface area (Å²) in [4.78, 5) is 12.1. The van der Waals surface area contributed by atoms with Gasteiger partial charge in [-0.3, -0.25) is 4.79 Å². The van der Waals surface area contributed by atoms with Gasteiger partial charge in [-0.15, -0.1) is 6.42 Å². The summed E-state index contributed by atoms with van der Waals surface area (Å²) >= 11 is 0. The third-order valence-electron chi connectivity index (χ3n) is 4.38. The van der Waals surface area contributed by atoms with Gasteiger partial charge in [-0.1, -0.05) is 84.8 Å². The van der Waals surface area contributed by atoms with Crippen molar-refractivity contribution in [3.63, 3.8) is 0 Å². The zero-order chi connectivity index (χ0) is 18.4. The van der Waals surface area contributed by atoms with E-state index in [1.807, 2.05) is 78.9 Å². The van der Waals surface area contributed by atoms with Crippen LogP contribution in [-0.4, -0.2) is 12.5 Å². The van der Waals surface area contributed by atoms with E-state index in [-0.39, 0.29) is 18.4 Å². The van der Waals surface area contributed by atoms with Crippen LogP contribution in [0.2, 0.25) is 0 Å². The molecule has 0 spiro atoms. The zero-order valence-corrected chi connectivity index (χ0v) is 15.2. The quantitative estimate of drug-likeness (QED) is 0.657. The fourth-order valence-corrected chi connectivity index (χ4v) is 5.77. The standard InChI is InChI=1S/C22H20NO2P/c1-2-17-23-22(24)18-13-15-21(16-14-18)26(25,19-9-5-3-6-10-19)20-11-7-4-8-12-20/h1,3-13,15-16,18H,14,17H2,(H,23,24). The van der Waals surface area contributed by atoms with Gasteiger partial charge in [0, 0.05) is 15.9 Å². The van der Waals surface area contributed by atoms with Crippen LogP contribution in [-0.2, 0) is 9.36 Å². The first kappa shape index (κ1) is 18.0. The second-order valence-electron chi connectivity index (χ2n) is 6.03. The van der Waals surface area contributed by atoms with Crippen LogP contribution in [0.1, 0.15) is 6.42 Å². The van der Waals surface area contributed by atoms with Crippen LogP contribution >= 0.6 is 7.14 Å². The van der Waals surface area contributed by atoms with Gasteiger partial charge in [0.15, 0.2) is 7.14 Å². The molecule has 0 radical (unpaired) electrons. The minimum atomic E-state index is -2.97. The lowest BCUT2D eigenvalue weighted by atomic mass is 10.00. The molecule has 0 bridgehead atoms. The van der Waals surface area contributed by atoms with Gasteiger partial charge in [0.1, 0.15) is 0 Å². The number of hydrogen-bond acceptors (Lipinski definition) is 2. The highest BCUT2D eigenvalue weighted by atomic mass is 31.2. The lowest BCUT2D eigenvalue weighted by Gasteiger charge is -2.24. The minimum Gasteiger partial charge on any atom is -0.345 e. The molecule has 1 amide bonds. The fraction of sp³-hybridized carbons (Fsp3) is 0.136. The number of rotatable bonds is 5. The molecular formula is C22H20NO2P. The van der Waals surface area contributed by atoms with Crippen molar-refractivity contribution in [1.82, 2.24) is 5.32 Å². The summed E-state index contributed by atoms with van der Waals surface area (Å²) in [5.74, 6) is 2.01. The Morgan fingerprint density at radius 1 is 1.08 bits per heavy atom. The molecule has 26 heavy (non-hydrogen) atoms. The average molecular weight is 361 g/mol. The zero-order valence-electron chi connectivity index (χ0n) is 14.3. The topological polar surface area (TPSA) is 46.2 Å². The van der Waals surface area contributed by atoms with Crippen LogP contribution in [0.5, 0.6) is 0 Å². The minimum absolute atomic E-state index is 0.108. The Kier molecular flexibility index (Phi) is 5.56. The molecule has 4 heteroatoms. The molecule has 3 nitrogen and oxygen atoms in total. The van der Waals surface area contributed by atoms with Crippen molar-refractivity contribution in [3.05, 3.63) is 84.2 Å². The Balaban J connectivity index is 1.95. The highest BCUT2D eigenvalue weighted by Crippen LogP contribution is 2.53. The van der Waals surface area contributed by atoms with Crippen LogP contribution in [0.4, 0.5) is 0 Å². The summed E-state index contributed by atoms with van der Waals surface area (Å²) in [5, 5.41) is 5.03. The Hall–Kier alpha value is -2.82. The number of carbonyl (C=O) groups excluding carboxylic acids is 1. The first-order chi connectivity index (χ1) is 12.7. The molecule has 1 aliphatic rings. The smallest absolute Gasteiger partial charge is 0.227 e. The van der Waals surface area contributed by atoms with E-state index in [0.29, 0.717) is 6.42 Å². The maximum Gasteiger partial charge on any atom is 0.227 e. The SMILES string of the molecule is C#CCNC(=O)C1C=CC(P(=O)(c2ccccc2)c2ccccc2)=CC1. The van der Waals surface area contributed by atoms with E-state index in [2.05, 4.69) is 11.2 Å². The summed E-state index contributed by atoms with van der Waals surface area (Å²) in [6.45, 7) is 0.215. The van der Waals surface area contributed by atoms with Crippen molar-refractivity contribution in [3.8, 4) is 12.3 Å². The maximum absolute atomic E-state index is 14.2. The Morgan fingerprint density at radius 2 is 1.65 bits per heavy atom. The normalized spacial score (nSPS) is 16.4. The Labute approximate surface area is 154 Å².